The Kier molecular flexibility index (Phi) is 3.44. The van der Waals surface area contributed by atoms with Gasteiger partial charge in [-0.1, -0.05) is 6.92 Å². The van der Waals surface area contributed by atoms with E-state index in [9.17, 15) is 13.2 Å². The molecule has 1 aromatic heterocycles. The second-order valence-electron chi connectivity index (χ2n) is 5.39. The summed E-state index contributed by atoms with van der Waals surface area (Å²) in [7, 11) is 1.37. The molecule has 124 valence electrons. The molecule has 0 saturated heterocycles. The summed E-state index contributed by atoms with van der Waals surface area (Å²) in [6.07, 6.45) is -4.03. The minimum atomic E-state index is -4.62. The van der Waals surface area contributed by atoms with Crippen LogP contribution in [-0.4, -0.2) is 20.1 Å². The maximum absolute atomic E-state index is 13.2. The fraction of sp³-hybridized carbons (Fsp3) is 0.429. The maximum Gasteiger partial charge on any atom is 0.452 e. The number of rotatable bonds is 2. The molecule has 2 aromatic rings. The predicted octanol–water partition coefficient (Wildman–Crippen LogP) is 3.86. The van der Waals surface area contributed by atoms with Crippen molar-refractivity contribution in [1.29, 1.82) is 0 Å². The van der Waals surface area contributed by atoms with Gasteiger partial charge in [0.2, 0.25) is 16.4 Å². The zero-order chi connectivity index (χ0) is 17.0. The summed E-state index contributed by atoms with van der Waals surface area (Å²) < 4.78 is 52.7. The molecule has 0 spiro atoms. The SMILES string of the molecule is CCC1(C)Oc2ccc(-n3c(C(F)(F)F)nn(C)c3=S)cc2O1. The number of alkyl halides is 3. The predicted molar refractivity (Wildman–Crippen MR) is 78.3 cm³/mol. The number of nitrogens with zero attached hydrogens (tertiary/aromatic N) is 3. The molecule has 3 rings (SSSR count). The highest BCUT2D eigenvalue weighted by Gasteiger charge is 2.39. The average Bonchev–Trinajstić information content (AvgIpc) is 2.96. The van der Waals surface area contributed by atoms with Gasteiger partial charge in [-0.2, -0.15) is 13.2 Å². The van der Waals surface area contributed by atoms with Crippen molar-refractivity contribution in [1.82, 2.24) is 14.3 Å². The van der Waals surface area contributed by atoms with Crippen LogP contribution in [0.15, 0.2) is 18.2 Å². The molecule has 1 aliphatic rings. The minimum Gasteiger partial charge on any atom is -0.449 e. The molecule has 2 heterocycles. The van der Waals surface area contributed by atoms with Crippen LogP contribution in [0.3, 0.4) is 0 Å². The molecule has 0 amide bonds. The Balaban J connectivity index is 2.13. The molecule has 1 unspecified atom stereocenters. The van der Waals surface area contributed by atoms with Gasteiger partial charge in [0.25, 0.3) is 0 Å². The fourth-order valence-electron chi connectivity index (χ4n) is 2.31. The molecule has 0 aliphatic carbocycles. The molecule has 0 N–H and O–H groups in total. The van der Waals surface area contributed by atoms with Crippen LogP contribution in [0.2, 0.25) is 0 Å². The normalized spacial score (nSPS) is 20.1. The molecular formula is C14H14F3N3O2S. The summed E-state index contributed by atoms with van der Waals surface area (Å²) in [5, 5.41) is 3.47. The summed E-state index contributed by atoms with van der Waals surface area (Å²) in [5.41, 5.74) is 0.220. The standard InChI is InChI=1S/C14H14F3N3O2S/c1-4-13(2)21-9-6-5-8(7-10(9)22-13)20-11(14(15,16)17)18-19(3)12(20)23/h5-7H,4H2,1-3H3. The van der Waals surface area contributed by atoms with Gasteiger partial charge in [0.1, 0.15) is 0 Å². The van der Waals surface area contributed by atoms with Crippen LogP contribution in [0, 0.1) is 4.77 Å². The zero-order valence-electron chi connectivity index (χ0n) is 12.6. The monoisotopic (exact) mass is 345 g/mol. The lowest BCUT2D eigenvalue weighted by atomic mass is 10.2. The molecule has 9 heteroatoms. The third-order valence-electron chi connectivity index (χ3n) is 3.66. The molecule has 1 aliphatic heterocycles. The van der Waals surface area contributed by atoms with Gasteiger partial charge in [-0.3, -0.25) is 4.57 Å². The van der Waals surface area contributed by atoms with Crippen molar-refractivity contribution >= 4 is 12.2 Å². The largest absolute Gasteiger partial charge is 0.452 e. The van der Waals surface area contributed by atoms with Gasteiger partial charge < -0.3 is 9.47 Å². The van der Waals surface area contributed by atoms with Crippen molar-refractivity contribution in [3.63, 3.8) is 0 Å². The van der Waals surface area contributed by atoms with Crippen LogP contribution >= 0.6 is 12.2 Å². The summed E-state index contributed by atoms with van der Waals surface area (Å²) in [6.45, 7) is 3.66. The molecule has 0 saturated carbocycles. The lowest BCUT2D eigenvalue weighted by Crippen LogP contribution is -2.33. The zero-order valence-corrected chi connectivity index (χ0v) is 13.5. The van der Waals surface area contributed by atoms with Gasteiger partial charge in [0.15, 0.2) is 11.5 Å². The van der Waals surface area contributed by atoms with Gasteiger partial charge in [-0.05, 0) is 24.4 Å². The highest BCUT2D eigenvalue weighted by Crippen LogP contribution is 2.42. The first-order chi connectivity index (χ1) is 10.6. The van der Waals surface area contributed by atoms with E-state index in [0.717, 1.165) is 9.25 Å². The van der Waals surface area contributed by atoms with Crippen molar-refractivity contribution in [3.8, 4) is 17.2 Å². The van der Waals surface area contributed by atoms with Crippen molar-refractivity contribution in [2.24, 2.45) is 7.05 Å². The van der Waals surface area contributed by atoms with Crippen LogP contribution in [0.1, 0.15) is 26.1 Å². The lowest BCUT2D eigenvalue weighted by Gasteiger charge is -2.20. The van der Waals surface area contributed by atoms with E-state index in [0.29, 0.717) is 17.9 Å². The Bertz CT molecular complexity index is 828. The Hall–Kier alpha value is -2.03. The van der Waals surface area contributed by atoms with Gasteiger partial charge in [0.05, 0.1) is 5.69 Å². The molecule has 0 radical (unpaired) electrons. The number of halogens is 3. The second kappa shape index (κ2) is 4.98. The minimum absolute atomic E-state index is 0.0607. The summed E-state index contributed by atoms with van der Waals surface area (Å²) >= 11 is 5.05. The molecule has 0 bridgehead atoms. The molecule has 5 nitrogen and oxygen atoms in total. The molecule has 1 atom stereocenters. The van der Waals surface area contributed by atoms with Gasteiger partial charge in [0, 0.05) is 26.5 Å². The van der Waals surface area contributed by atoms with Crippen molar-refractivity contribution in [2.45, 2.75) is 32.2 Å². The van der Waals surface area contributed by atoms with E-state index in [1.807, 2.05) is 6.92 Å². The van der Waals surface area contributed by atoms with Crippen LogP contribution in [0.25, 0.3) is 5.69 Å². The van der Waals surface area contributed by atoms with Crippen LogP contribution in [0.4, 0.5) is 13.2 Å². The Morgan fingerprint density at radius 2 is 1.91 bits per heavy atom. The molecule has 23 heavy (non-hydrogen) atoms. The Morgan fingerprint density at radius 1 is 1.26 bits per heavy atom. The van der Waals surface area contributed by atoms with E-state index in [1.54, 1.807) is 13.0 Å². The summed E-state index contributed by atoms with van der Waals surface area (Å²) in [5.74, 6) is -1.03. The first-order valence-electron chi connectivity index (χ1n) is 6.90. The lowest BCUT2D eigenvalue weighted by molar-refractivity contribution is -0.146. The molecule has 1 aromatic carbocycles. The van der Waals surface area contributed by atoms with Gasteiger partial charge in [-0.15, -0.1) is 5.10 Å². The third kappa shape index (κ3) is 2.58. The van der Waals surface area contributed by atoms with Crippen molar-refractivity contribution < 1.29 is 22.6 Å². The molecular weight excluding hydrogens is 331 g/mol. The number of fused-ring (bicyclic) bond motifs is 1. The number of hydrogen-bond donors (Lipinski definition) is 0. The maximum atomic E-state index is 13.2. The number of aryl methyl sites for hydroxylation is 1. The number of aromatic nitrogens is 3. The number of benzene rings is 1. The second-order valence-corrected chi connectivity index (χ2v) is 5.75. The highest BCUT2D eigenvalue weighted by molar-refractivity contribution is 7.71. The highest BCUT2D eigenvalue weighted by atomic mass is 32.1. The quantitative estimate of drug-likeness (QED) is 0.775. The van der Waals surface area contributed by atoms with E-state index in [-0.39, 0.29) is 10.5 Å². The third-order valence-corrected chi connectivity index (χ3v) is 4.10. The van der Waals surface area contributed by atoms with E-state index < -0.39 is 17.8 Å². The Labute approximate surface area is 135 Å². The van der Waals surface area contributed by atoms with Crippen molar-refractivity contribution in [2.75, 3.05) is 0 Å². The average molecular weight is 345 g/mol. The Morgan fingerprint density at radius 3 is 2.52 bits per heavy atom. The van der Waals surface area contributed by atoms with Crippen LogP contribution in [0.5, 0.6) is 11.5 Å². The first-order valence-corrected chi connectivity index (χ1v) is 7.31. The smallest absolute Gasteiger partial charge is 0.449 e. The van der Waals surface area contributed by atoms with Crippen LogP contribution < -0.4 is 9.47 Å². The van der Waals surface area contributed by atoms with Gasteiger partial charge >= 0.3 is 6.18 Å². The number of ether oxygens (including phenoxy) is 2. The van der Waals surface area contributed by atoms with Gasteiger partial charge in [-0.25, -0.2) is 4.68 Å². The van der Waals surface area contributed by atoms with E-state index >= 15 is 0 Å². The van der Waals surface area contributed by atoms with E-state index in [4.69, 9.17) is 21.7 Å². The van der Waals surface area contributed by atoms with E-state index in [2.05, 4.69) is 5.10 Å². The van der Waals surface area contributed by atoms with E-state index in [1.165, 1.54) is 19.2 Å². The molecule has 0 fully saturated rings. The number of hydrogen-bond acceptors (Lipinski definition) is 4. The summed E-state index contributed by atoms with van der Waals surface area (Å²) in [4.78, 5) is 0. The van der Waals surface area contributed by atoms with Crippen LogP contribution in [-0.2, 0) is 13.2 Å². The first kappa shape index (κ1) is 15.9. The summed E-state index contributed by atoms with van der Waals surface area (Å²) in [6, 6.07) is 4.54. The fourth-order valence-corrected chi connectivity index (χ4v) is 2.54. The van der Waals surface area contributed by atoms with Crippen molar-refractivity contribution in [3.05, 3.63) is 28.8 Å². The topological polar surface area (TPSA) is 41.2 Å².